The Hall–Kier alpha value is -3.29. The number of amides is 1. The summed E-state index contributed by atoms with van der Waals surface area (Å²) in [5, 5.41) is 4.24. The van der Waals surface area contributed by atoms with Crippen LogP contribution < -0.4 is 9.64 Å². The number of rotatable bonds is 8. The minimum atomic E-state index is -1.12. The number of carbonyl (C=O) groups excluding carboxylic acids is 1. The smallest absolute Gasteiger partial charge is 0.233 e. The molecule has 0 atom stereocenters. The number of halogens is 1. The summed E-state index contributed by atoms with van der Waals surface area (Å²) in [7, 11) is 1.60. The minimum Gasteiger partial charge on any atom is -0.481 e. The molecule has 6 aliphatic carbocycles. The molecule has 0 saturated heterocycles. The summed E-state index contributed by atoms with van der Waals surface area (Å²) in [4.78, 5) is 25.3. The van der Waals surface area contributed by atoms with Crippen LogP contribution in [0.5, 0.6) is 5.88 Å². The summed E-state index contributed by atoms with van der Waals surface area (Å²) in [5.74, 6) is 2.46. The van der Waals surface area contributed by atoms with Gasteiger partial charge in [0, 0.05) is 41.4 Å². The van der Waals surface area contributed by atoms with E-state index in [4.69, 9.17) is 14.2 Å². The van der Waals surface area contributed by atoms with E-state index in [-0.39, 0.29) is 22.7 Å². The Morgan fingerprint density at radius 1 is 1.05 bits per heavy atom. The predicted octanol–water partition coefficient (Wildman–Crippen LogP) is 6.78. The summed E-state index contributed by atoms with van der Waals surface area (Å²) >= 11 is 0. The van der Waals surface area contributed by atoms with Crippen LogP contribution in [0.3, 0.4) is 0 Å². The molecule has 3 aromatic rings. The lowest BCUT2D eigenvalue weighted by Gasteiger charge is -2.65. The van der Waals surface area contributed by atoms with E-state index in [2.05, 4.69) is 30.1 Å². The highest BCUT2D eigenvalue weighted by Crippen LogP contribution is 2.70. The van der Waals surface area contributed by atoms with E-state index in [1.807, 2.05) is 35.2 Å². The average molecular weight is 545 g/mol. The molecule has 9 rings (SSSR count). The maximum atomic E-state index is 14.5. The van der Waals surface area contributed by atoms with Crippen LogP contribution >= 0.6 is 0 Å². The molecular weight excluding hydrogens is 507 g/mol. The van der Waals surface area contributed by atoms with Gasteiger partial charge in [0.25, 0.3) is 0 Å². The van der Waals surface area contributed by atoms with E-state index >= 15 is 0 Å². The van der Waals surface area contributed by atoms with Gasteiger partial charge < -0.3 is 14.2 Å². The van der Waals surface area contributed by atoms with E-state index in [1.54, 1.807) is 13.3 Å². The van der Waals surface area contributed by atoms with Gasteiger partial charge in [-0.1, -0.05) is 31.1 Å². The molecule has 6 aliphatic rings. The third-order valence-corrected chi connectivity index (χ3v) is 10.4. The first-order valence-electron chi connectivity index (χ1n) is 14.6. The minimum absolute atomic E-state index is 0.0346. The second kappa shape index (κ2) is 8.85. The second-order valence-electron chi connectivity index (χ2n) is 13.4. The van der Waals surface area contributed by atoms with Gasteiger partial charge in [-0.3, -0.25) is 4.79 Å². The number of aromatic nitrogens is 3. The largest absolute Gasteiger partial charge is 0.481 e. The first-order valence-corrected chi connectivity index (χ1v) is 14.6. The van der Waals surface area contributed by atoms with Crippen molar-refractivity contribution in [1.82, 2.24) is 15.1 Å². The standard InChI is InChI=1S/C32H37FN4O3/c1-21(2)26-35-27(40-36-26)30-12-9-29(10-13-30,11-14-30)20-37(28(38)31-17-32(33,18-31)19-31)24-6-4-5-22(15-24)23-7-8-25(39-3)34-16-23/h4-8,15-16,21H,9-14,17-20H2,1-3H3. The number of anilines is 1. The zero-order chi connectivity index (χ0) is 27.8. The van der Waals surface area contributed by atoms with Crippen molar-refractivity contribution in [3.05, 3.63) is 54.3 Å². The second-order valence-corrected chi connectivity index (χ2v) is 13.4. The molecule has 1 aromatic carbocycles. The molecule has 0 aliphatic heterocycles. The van der Waals surface area contributed by atoms with Crippen LogP contribution in [0.15, 0.2) is 47.1 Å². The summed E-state index contributed by atoms with van der Waals surface area (Å²) in [6, 6.07) is 12.0. The number of alkyl halides is 1. The molecule has 2 heterocycles. The van der Waals surface area contributed by atoms with Crippen LogP contribution in [0.4, 0.5) is 10.1 Å². The highest BCUT2D eigenvalue weighted by atomic mass is 19.1. The molecule has 0 radical (unpaired) electrons. The number of nitrogens with zero attached hydrogens (tertiary/aromatic N) is 4. The van der Waals surface area contributed by atoms with Gasteiger partial charge in [0.05, 0.1) is 12.5 Å². The topological polar surface area (TPSA) is 81.4 Å². The molecule has 210 valence electrons. The predicted molar refractivity (Wildman–Crippen MR) is 149 cm³/mol. The van der Waals surface area contributed by atoms with Crippen molar-refractivity contribution in [2.24, 2.45) is 10.8 Å². The van der Waals surface area contributed by atoms with E-state index in [1.165, 1.54) is 0 Å². The van der Waals surface area contributed by atoms with Crippen LogP contribution in [0.1, 0.15) is 89.3 Å². The Morgan fingerprint density at radius 3 is 2.35 bits per heavy atom. The summed E-state index contributed by atoms with van der Waals surface area (Å²) < 4.78 is 25.5. The summed E-state index contributed by atoms with van der Waals surface area (Å²) in [6.07, 6.45) is 8.89. The van der Waals surface area contributed by atoms with Gasteiger partial charge in [-0.2, -0.15) is 4.98 Å². The zero-order valence-electron chi connectivity index (χ0n) is 23.6. The normalized spacial score (nSPS) is 31.9. The van der Waals surface area contributed by atoms with E-state index in [9.17, 15) is 9.18 Å². The number of hydrogen-bond acceptors (Lipinski definition) is 6. The molecule has 0 N–H and O–H groups in total. The zero-order valence-corrected chi connectivity index (χ0v) is 23.6. The lowest BCUT2D eigenvalue weighted by molar-refractivity contribution is -0.211. The lowest BCUT2D eigenvalue weighted by atomic mass is 9.41. The van der Waals surface area contributed by atoms with E-state index in [0.717, 1.165) is 67.1 Å². The van der Waals surface area contributed by atoms with Gasteiger partial charge in [0.1, 0.15) is 5.67 Å². The summed E-state index contributed by atoms with van der Waals surface area (Å²) in [6.45, 7) is 4.83. The number of ether oxygens (including phenoxy) is 1. The molecule has 6 fully saturated rings. The number of fused-ring (bicyclic) bond motifs is 3. The Labute approximate surface area is 234 Å². The third-order valence-electron chi connectivity index (χ3n) is 10.4. The lowest BCUT2D eigenvalue weighted by Crippen LogP contribution is -2.71. The molecule has 8 heteroatoms. The molecule has 0 unspecified atom stereocenters. The van der Waals surface area contributed by atoms with Gasteiger partial charge in [-0.05, 0) is 87.0 Å². The van der Waals surface area contributed by atoms with Crippen molar-refractivity contribution in [1.29, 1.82) is 0 Å². The fraction of sp³-hybridized carbons (Fsp3) is 0.562. The average Bonchev–Trinajstić information content (AvgIpc) is 3.47. The van der Waals surface area contributed by atoms with Crippen LogP contribution in [0.25, 0.3) is 11.1 Å². The monoisotopic (exact) mass is 544 g/mol. The number of benzene rings is 1. The van der Waals surface area contributed by atoms with Crippen LogP contribution in [0, 0.1) is 10.8 Å². The number of pyridine rings is 1. The van der Waals surface area contributed by atoms with Crippen LogP contribution in [-0.4, -0.2) is 40.4 Å². The molecule has 1 amide bonds. The molecular formula is C32H37FN4O3. The Kier molecular flexibility index (Phi) is 5.68. The van der Waals surface area contributed by atoms with Gasteiger partial charge in [-0.25, -0.2) is 9.37 Å². The molecule has 0 spiro atoms. The fourth-order valence-electron chi connectivity index (χ4n) is 7.82. The van der Waals surface area contributed by atoms with Crippen molar-refractivity contribution in [2.75, 3.05) is 18.6 Å². The number of hydrogen-bond donors (Lipinski definition) is 0. The van der Waals surface area contributed by atoms with Crippen molar-refractivity contribution in [3.63, 3.8) is 0 Å². The Bertz CT molecular complexity index is 1400. The SMILES string of the molecule is COc1ccc(-c2cccc(N(CC34CCC(c5nc(C(C)C)no5)(CC3)CC4)C(=O)C34CC(F)(C3)C4)c2)cn1. The molecule has 7 nitrogen and oxygen atoms in total. The molecule has 2 aromatic heterocycles. The van der Waals surface area contributed by atoms with Gasteiger partial charge in [0.15, 0.2) is 5.82 Å². The van der Waals surface area contributed by atoms with Crippen molar-refractivity contribution < 1.29 is 18.4 Å². The van der Waals surface area contributed by atoms with Gasteiger partial charge in [0.2, 0.25) is 17.7 Å². The third kappa shape index (κ3) is 3.97. The van der Waals surface area contributed by atoms with Crippen LogP contribution in [-0.2, 0) is 10.2 Å². The molecule has 40 heavy (non-hydrogen) atoms. The first kappa shape index (κ1) is 25.7. The van der Waals surface area contributed by atoms with Crippen LogP contribution in [0.2, 0.25) is 0 Å². The summed E-state index contributed by atoms with van der Waals surface area (Å²) in [5.41, 5.74) is 1.16. The number of carbonyl (C=O) groups is 1. The van der Waals surface area contributed by atoms with Crippen molar-refractivity contribution in [2.45, 2.75) is 88.6 Å². The molecule has 4 bridgehead atoms. The number of methoxy groups -OCH3 is 1. The first-order chi connectivity index (χ1) is 19.2. The Morgan fingerprint density at radius 2 is 1.77 bits per heavy atom. The molecule has 6 saturated carbocycles. The van der Waals surface area contributed by atoms with Gasteiger partial charge >= 0.3 is 0 Å². The highest BCUT2D eigenvalue weighted by molar-refractivity contribution is 6.00. The highest BCUT2D eigenvalue weighted by Gasteiger charge is 2.73. The maximum absolute atomic E-state index is 14.5. The Balaban J connectivity index is 1.16. The quantitative estimate of drug-likeness (QED) is 0.311. The fourth-order valence-corrected chi connectivity index (χ4v) is 7.82. The van der Waals surface area contributed by atoms with E-state index in [0.29, 0.717) is 31.7 Å². The van der Waals surface area contributed by atoms with Crippen molar-refractivity contribution >= 4 is 11.6 Å². The maximum Gasteiger partial charge on any atom is 0.233 e. The van der Waals surface area contributed by atoms with Gasteiger partial charge in [-0.15, -0.1) is 0 Å². The van der Waals surface area contributed by atoms with Crippen molar-refractivity contribution in [3.8, 4) is 17.0 Å². The van der Waals surface area contributed by atoms with E-state index < -0.39 is 11.1 Å².